The molecule has 0 bridgehead atoms. The number of rotatable bonds is 4. The molecule has 5 nitrogen and oxygen atoms in total. The highest BCUT2D eigenvalue weighted by Crippen LogP contribution is 2.17. The highest BCUT2D eigenvalue weighted by Gasteiger charge is 2.19. The summed E-state index contributed by atoms with van der Waals surface area (Å²) in [5.41, 5.74) is 0.392. The first-order chi connectivity index (χ1) is 12.0. The van der Waals surface area contributed by atoms with E-state index in [1.165, 1.54) is 13.1 Å². The van der Waals surface area contributed by atoms with Crippen LogP contribution in [0.25, 0.3) is 10.8 Å². The maximum Gasteiger partial charge on any atom is 0.338 e. The molecule has 2 aromatic carbocycles. The molecule has 0 fully saturated rings. The maximum absolute atomic E-state index is 12.3. The Morgan fingerprint density at radius 2 is 1.84 bits per heavy atom. The van der Waals surface area contributed by atoms with Gasteiger partial charge in [0.2, 0.25) is 0 Å². The Morgan fingerprint density at radius 1 is 1.08 bits per heavy atom. The van der Waals surface area contributed by atoms with Gasteiger partial charge in [0.1, 0.15) is 5.82 Å². The second kappa shape index (κ2) is 7.32. The third-order valence-corrected chi connectivity index (χ3v) is 3.84. The Morgan fingerprint density at radius 3 is 2.56 bits per heavy atom. The van der Waals surface area contributed by atoms with Gasteiger partial charge in [-0.2, -0.15) is 0 Å². The predicted octanol–water partition coefficient (Wildman–Crippen LogP) is 4.07. The fraction of sp³-hybridized carbons (Fsp3) is 0.105. The van der Waals surface area contributed by atoms with Crippen LogP contribution in [0, 0.1) is 0 Å². The number of fused-ring (bicyclic) bond motifs is 1. The SMILES string of the molecule is CC(OC(=O)c1ccc2ccccc2c1)C(=O)Nc1ccc(Cl)cn1. The number of anilines is 1. The highest BCUT2D eigenvalue weighted by atomic mass is 35.5. The molecule has 1 N–H and O–H groups in total. The molecule has 0 saturated carbocycles. The highest BCUT2D eigenvalue weighted by molar-refractivity contribution is 6.30. The van der Waals surface area contributed by atoms with Gasteiger partial charge >= 0.3 is 5.97 Å². The summed E-state index contributed by atoms with van der Waals surface area (Å²) in [6, 6.07) is 16.1. The number of hydrogen-bond donors (Lipinski definition) is 1. The van der Waals surface area contributed by atoms with Crippen LogP contribution < -0.4 is 5.32 Å². The summed E-state index contributed by atoms with van der Waals surface area (Å²) >= 11 is 5.74. The third-order valence-electron chi connectivity index (χ3n) is 3.62. The van der Waals surface area contributed by atoms with Crippen LogP contribution in [0.1, 0.15) is 17.3 Å². The molecule has 0 aliphatic carbocycles. The van der Waals surface area contributed by atoms with Crippen molar-refractivity contribution < 1.29 is 14.3 Å². The number of nitrogens with zero attached hydrogens (tertiary/aromatic N) is 1. The first-order valence-corrected chi connectivity index (χ1v) is 8.03. The van der Waals surface area contributed by atoms with E-state index in [1.54, 1.807) is 24.3 Å². The van der Waals surface area contributed by atoms with E-state index >= 15 is 0 Å². The van der Waals surface area contributed by atoms with Crippen molar-refractivity contribution in [2.24, 2.45) is 0 Å². The number of aromatic nitrogens is 1. The molecule has 0 radical (unpaired) electrons. The Hall–Kier alpha value is -2.92. The molecule has 0 saturated heterocycles. The fourth-order valence-corrected chi connectivity index (χ4v) is 2.39. The van der Waals surface area contributed by atoms with E-state index in [0.717, 1.165) is 10.8 Å². The fourth-order valence-electron chi connectivity index (χ4n) is 2.28. The molecule has 126 valence electrons. The normalized spacial score (nSPS) is 11.8. The number of carbonyl (C=O) groups is 2. The number of pyridine rings is 1. The monoisotopic (exact) mass is 354 g/mol. The van der Waals surface area contributed by atoms with Crippen molar-refractivity contribution in [2.45, 2.75) is 13.0 Å². The molecule has 3 rings (SSSR count). The molecule has 6 heteroatoms. The zero-order valence-corrected chi connectivity index (χ0v) is 14.2. The average molecular weight is 355 g/mol. The Balaban J connectivity index is 1.66. The number of nitrogens with one attached hydrogen (secondary N) is 1. The predicted molar refractivity (Wildman–Crippen MR) is 96.7 cm³/mol. The summed E-state index contributed by atoms with van der Waals surface area (Å²) in [4.78, 5) is 28.3. The average Bonchev–Trinajstić information content (AvgIpc) is 2.63. The molecule has 0 aliphatic rings. The molecule has 1 amide bonds. The largest absolute Gasteiger partial charge is 0.449 e. The first-order valence-electron chi connectivity index (χ1n) is 7.65. The van der Waals surface area contributed by atoms with Gasteiger partial charge < -0.3 is 10.1 Å². The van der Waals surface area contributed by atoms with Crippen LogP contribution in [0.3, 0.4) is 0 Å². The van der Waals surface area contributed by atoms with Crippen LogP contribution in [-0.4, -0.2) is 23.0 Å². The van der Waals surface area contributed by atoms with E-state index < -0.39 is 18.0 Å². The number of halogens is 1. The zero-order chi connectivity index (χ0) is 17.8. The third kappa shape index (κ3) is 4.14. The van der Waals surface area contributed by atoms with Gasteiger partial charge in [-0.15, -0.1) is 0 Å². The van der Waals surface area contributed by atoms with Crippen molar-refractivity contribution in [1.29, 1.82) is 0 Å². The van der Waals surface area contributed by atoms with Crippen LogP contribution in [0.5, 0.6) is 0 Å². The van der Waals surface area contributed by atoms with E-state index in [9.17, 15) is 9.59 Å². The van der Waals surface area contributed by atoms with Crippen LogP contribution in [-0.2, 0) is 9.53 Å². The lowest BCUT2D eigenvalue weighted by Gasteiger charge is -2.13. The van der Waals surface area contributed by atoms with Crippen molar-refractivity contribution in [3.63, 3.8) is 0 Å². The maximum atomic E-state index is 12.3. The minimum atomic E-state index is -0.962. The molecule has 0 spiro atoms. The summed E-state index contributed by atoms with van der Waals surface area (Å²) in [7, 11) is 0. The Bertz CT molecular complexity index is 925. The molecule has 1 heterocycles. The van der Waals surface area contributed by atoms with Crippen molar-refractivity contribution in [3.05, 3.63) is 71.4 Å². The molecule has 1 aromatic heterocycles. The molecule has 1 unspecified atom stereocenters. The van der Waals surface area contributed by atoms with Crippen LogP contribution in [0.2, 0.25) is 5.02 Å². The smallest absolute Gasteiger partial charge is 0.338 e. The van der Waals surface area contributed by atoms with E-state index in [4.69, 9.17) is 16.3 Å². The van der Waals surface area contributed by atoms with Gasteiger partial charge in [0, 0.05) is 6.20 Å². The first kappa shape index (κ1) is 16.9. The second-order valence-electron chi connectivity index (χ2n) is 5.46. The second-order valence-corrected chi connectivity index (χ2v) is 5.90. The number of ether oxygens (including phenoxy) is 1. The summed E-state index contributed by atoms with van der Waals surface area (Å²) in [6.45, 7) is 1.50. The number of benzene rings is 2. The Labute approximate surface area is 149 Å². The number of esters is 1. The van der Waals surface area contributed by atoms with Gasteiger partial charge in [-0.25, -0.2) is 9.78 Å². The van der Waals surface area contributed by atoms with Crippen molar-refractivity contribution in [3.8, 4) is 0 Å². The lowest BCUT2D eigenvalue weighted by Crippen LogP contribution is -2.30. The van der Waals surface area contributed by atoms with E-state index in [0.29, 0.717) is 16.4 Å². The summed E-state index contributed by atoms with van der Waals surface area (Å²) < 4.78 is 5.24. The molecule has 3 aromatic rings. The van der Waals surface area contributed by atoms with Gasteiger partial charge in [0.25, 0.3) is 5.91 Å². The topological polar surface area (TPSA) is 68.3 Å². The minimum absolute atomic E-state index is 0.336. The van der Waals surface area contributed by atoms with E-state index in [-0.39, 0.29) is 0 Å². The van der Waals surface area contributed by atoms with Crippen LogP contribution in [0.15, 0.2) is 60.8 Å². The summed E-state index contributed by atoms with van der Waals surface area (Å²) in [5, 5.41) is 4.99. The molecule has 1 atom stereocenters. The zero-order valence-electron chi connectivity index (χ0n) is 13.4. The van der Waals surface area contributed by atoms with Gasteiger partial charge in [-0.1, -0.05) is 41.9 Å². The van der Waals surface area contributed by atoms with Crippen molar-refractivity contribution in [1.82, 2.24) is 4.98 Å². The molecular weight excluding hydrogens is 340 g/mol. The van der Waals surface area contributed by atoms with E-state index in [1.807, 2.05) is 30.3 Å². The van der Waals surface area contributed by atoms with Crippen LogP contribution >= 0.6 is 11.6 Å². The van der Waals surface area contributed by atoms with Crippen LogP contribution in [0.4, 0.5) is 5.82 Å². The summed E-state index contributed by atoms with van der Waals surface area (Å²) in [6.07, 6.45) is 0.458. The number of hydrogen-bond acceptors (Lipinski definition) is 4. The number of carbonyl (C=O) groups excluding carboxylic acids is 2. The van der Waals surface area contributed by atoms with Gasteiger partial charge in [0.15, 0.2) is 6.10 Å². The lowest BCUT2D eigenvalue weighted by atomic mass is 10.1. The van der Waals surface area contributed by atoms with Crippen molar-refractivity contribution >= 4 is 40.1 Å². The van der Waals surface area contributed by atoms with Gasteiger partial charge in [0.05, 0.1) is 10.6 Å². The lowest BCUT2D eigenvalue weighted by molar-refractivity contribution is -0.123. The molecule has 25 heavy (non-hydrogen) atoms. The summed E-state index contributed by atoms with van der Waals surface area (Å²) in [5.74, 6) is -0.690. The van der Waals surface area contributed by atoms with Gasteiger partial charge in [-0.3, -0.25) is 4.79 Å². The van der Waals surface area contributed by atoms with Gasteiger partial charge in [-0.05, 0) is 42.0 Å². The van der Waals surface area contributed by atoms with Crippen molar-refractivity contribution in [2.75, 3.05) is 5.32 Å². The molecule has 0 aliphatic heterocycles. The Kier molecular flexibility index (Phi) is 4.95. The molecular formula is C19H15ClN2O3. The quantitative estimate of drug-likeness (QED) is 0.717. The van der Waals surface area contributed by atoms with E-state index in [2.05, 4.69) is 10.3 Å². The minimum Gasteiger partial charge on any atom is -0.449 e. The standard InChI is InChI=1S/C19H15ClN2O3/c1-12(18(23)22-17-9-8-16(20)11-21-17)25-19(24)15-7-6-13-4-2-3-5-14(13)10-15/h2-12H,1H3,(H,21,22,23). The number of amides is 1.